The van der Waals surface area contributed by atoms with E-state index in [9.17, 15) is 4.79 Å². The highest BCUT2D eigenvalue weighted by Crippen LogP contribution is 2.23. The Labute approximate surface area is 124 Å². The quantitative estimate of drug-likeness (QED) is 0.835. The lowest BCUT2D eigenvalue weighted by atomic mass is 9.97. The lowest BCUT2D eigenvalue weighted by molar-refractivity contribution is -0.127. The molecule has 0 unspecified atom stereocenters. The molecule has 0 bridgehead atoms. The summed E-state index contributed by atoms with van der Waals surface area (Å²) in [5, 5.41) is 15.5. The zero-order valence-electron chi connectivity index (χ0n) is 12.8. The maximum absolute atomic E-state index is 12.5. The Morgan fingerprint density at radius 2 is 2.10 bits per heavy atom. The van der Waals surface area contributed by atoms with E-state index < -0.39 is 5.54 Å². The van der Waals surface area contributed by atoms with E-state index in [0.29, 0.717) is 17.2 Å². The number of piperidine rings is 1. The van der Waals surface area contributed by atoms with E-state index in [0.717, 1.165) is 32.2 Å². The maximum Gasteiger partial charge on any atom is 0.246 e. The fourth-order valence-electron chi connectivity index (χ4n) is 2.45. The van der Waals surface area contributed by atoms with Crippen LogP contribution in [0.15, 0.2) is 16.9 Å². The Bertz CT molecular complexity index is 528. The van der Waals surface area contributed by atoms with Crippen LogP contribution in [-0.4, -0.2) is 39.7 Å². The predicted molar refractivity (Wildman–Crippen MR) is 80.9 cm³/mol. The summed E-state index contributed by atoms with van der Waals surface area (Å²) in [4.78, 5) is 14.7. The van der Waals surface area contributed by atoms with Gasteiger partial charge in [0.15, 0.2) is 0 Å². The van der Waals surface area contributed by atoms with Crippen molar-refractivity contribution in [2.75, 3.05) is 18.4 Å². The number of carbonyl (C=O) groups is 1. The number of nitrogens with one attached hydrogen (secondary N) is 1. The van der Waals surface area contributed by atoms with Gasteiger partial charge >= 0.3 is 0 Å². The van der Waals surface area contributed by atoms with Gasteiger partial charge in [-0.2, -0.15) is 0 Å². The average Bonchev–Trinajstić information content (AvgIpc) is 2.95. The topological polar surface area (TPSA) is 78.6 Å². The third kappa shape index (κ3) is 3.44. The first-order valence-electron chi connectivity index (χ1n) is 7.29. The minimum Gasteiger partial charge on any atom is -0.515 e. The number of aliphatic hydroxyl groups excluding tert-OH is 1. The zero-order chi connectivity index (χ0) is 15.5. The van der Waals surface area contributed by atoms with Crippen LogP contribution in [0.25, 0.3) is 5.57 Å². The fraction of sp³-hybridized carbons (Fsp3) is 0.600. The Kier molecular flexibility index (Phi) is 4.67. The lowest BCUT2D eigenvalue weighted by Gasteiger charge is -2.39. The minimum absolute atomic E-state index is 0.113. The number of aromatic nitrogens is 1. The third-order valence-electron chi connectivity index (χ3n) is 4.05. The van der Waals surface area contributed by atoms with Crippen LogP contribution in [0.3, 0.4) is 0 Å². The summed E-state index contributed by atoms with van der Waals surface area (Å²) in [7, 11) is 0. The molecule has 0 aliphatic carbocycles. The second kappa shape index (κ2) is 6.30. The van der Waals surface area contributed by atoms with Crippen LogP contribution in [0.2, 0.25) is 0 Å². The molecule has 1 aliphatic rings. The summed E-state index contributed by atoms with van der Waals surface area (Å²) < 4.78 is 5.09. The largest absolute Gasteiger partial charge is 0.515 e. The van der Waals surface area contributed by atoms with Gasteiger partial charge in [0.2, 0.25) is 11.8 Å². The second-order valence-electron chi connectivity index (χ2n) is 5.95. The van der Waals surface area contributed by atoms with Crippen molar-refractivity contribution in [3.63, 3.8) is 0 Å². The Balaban J connectivity index is 2.04. The van der Waals surface area contributed by atoms with E-state index in [4.69, 9.17) is 9.63 Å². The molecular formula is C15H23N3O3. The molecule has 1 saturated heterocycles. The van der Waals surface area contributed by atoms with Gasteiger partial charge in [0.25, 0.3) is 0 Å². The van der Waals surface area contributed by atoms with Crippen molar-refractivity contribution in [3.8, 4) is 0 Å². The number of hydrogen-bond donors (Lipinski definition) is 2. The van der Waals surface area contributed by atoms with Crippen LogP contribution in [0.1, 0.15) is 45.7 Å². The Morgan fingerprint density at radius 1 is 1.43 bits per heavy atom. The number of amides is 1. The number of nitrogens with zero attached hydrogens (tertiary/aromatic N) is 2. The van der Waals surface area contributed by atoms with Gasteiger partial charge in [-0.1, -0.05) is 11.6 Å². The number of likely N-dealkylation sites (tertiary alicyclic amines) is 1. The summed E-state index contributed by atoms with van der Waals surface area (Å²) >= 11 is 0. The lowest BCUT2D eigenvalue weighted by Crippen LogP contribution is -2.54. The van der Waals surface area contributed by atoms with Gasteiger partial charge in [0.1, 0.15) is 5.69 Å². The molecule has 2 rings (SSSR count). The molecule has 116 valence electrons. The van der Waals surface area contributed by atoms with Crippen LogP contribution < -0.4 is 5.32 Å². The van der Waals surface area contributed by atoms with Crippen LogP contribution in [0.5, 0.6) is 0 Å². The van der Waals surface area contributed by atoms with Crippen molar-refractivity contribution in [2.45, 2.75) is 45.6 Å². The van der Waals surface area contributed by atoms with Gasteiger partial charge in [0, 0.05) is 11.6 Å². The van der Waals surface area contributed by atoms with E-state index in [1.54, 1.807) is 13.0 Å². The van der Waals surface area contributed by atoms with Gasteiger partial charge in [0.05, 0.1) is 11.8 Å². The summed E-state index contributed by atoms with van der Waals surface area (Å²) in [6.07, 6.45) is 4.45. The van der Waals surface area contributed by atoms with E-state index in [-0.39, 0.29) is 5.91 Å². The Hall–Kier alpha value is -1.82. The summed E-state index contributed by atoms with van der Waals surface area (Å²) in [5.41, 5.74) is 0.494. The van der Waals surface area contributed by atoms with Crippen LogP contribution in [0, 0.1) is 0 Å². The van der Waals surface area contributed by atoms with Crippen molar-refractivity contribution in [2.24, 2.45) is 0 Å². The predicted octanol–water partition coefficient (Wildman–Crippen LogP) is 2.80. The first-order valence-corrected chi connectivity index (χ1v) is 7.29. The van der Waals surface area contributed by atoms with Crippen molar-refractivity contribution in [1.29, 1.82) is 0 Å². The van der Waals surface area contributed by atoms with Crippen molar-refractivity contribution in [3.05, 3.63) is 18.0 Å². The molecule has 2 N–H and O–H groups in total. The molecule has 1 aromatic rings. The molecule has 0 radical (unpaired) electrons. The normalized spacial score (nSPS) is 17.8. The summed E-state index contributed by atoms with van der Waals surface area (Å²) in [6, 6.07) is 1.60. The van der Waals surface area contributed by atoms with E-state index in [1.165, 1.54) is 6.42 Å². The minimum atomic E-state index is -0.588. The molecule has 1 amide bonds. The monoisotopic (exact) mass is 293 g/mol. The van der Waals surface area contributed by atoms with Gasteiger partial charge in [-0.15, -0.1) is 0 Å². The number of anilines is 1. The van der Waals surface area contributed by atoms with Gasteiger partial charge < -0.3 is 9.63 Å². The smallest absolute Gasteiger partial charge is 0.246 e. The van der Waals surface area contributed by atoms with Crippen LogP contribution >= 0.6 is 0 Å². The maximum atomic E-state index is 12.5. The SMILES string of the molecule is C/C(=C/O)c1cc(NC(=O)C(C)(C)N2CCCCC2)on1. The third-order valence-corrected chi connectivity index (χ3v) is 4.05. The summed E-state index contributed by atoms with van der Waals surface area (Å²) in [5.74, 6) is 0.180. The molecular weight excluding hydrogens is 270 g/mol. The molecule has 1 aliphatic heterocycles. The van der Waals surface area contributed by atoms with E-state index >= 15 is 0 Å². The van der Waals surface area contributed by atoms with Crippen molar-refractivity contribution in [1.82, 2.24) is 10.1 Å². The molecule has 0 spiro atoms. The molecule has 6 heteroatoms. The van der Waals surface area contributed by atoms with Crippen molar-refractivity contribution < 1.29 is 14.4 Å². The summed E-state index contributed by atoms with van der Waals surface area (Å²) in [6.45, 7) is 7.43. The number of allylic oxidation sites excluding steroid dienone is 1. The number of aliphatic hydroxyl groups is 1. The molecule has 21 heavy (non-hydrogen) atoms. The standard InChI is InChI=1S/C15H23N3O3/c1-11(10-19)12-9-13(21-17-12)16-14(20)15(2,3)18-7-5-4-6-8-18/h9-10,19H,4-8H2,1-3H3,(H,16,20)/b11-10-. The highest BCUT2D eigenvalue weighted by atomic mass is 16.5. The average molecular weight is 293 g/mol. The van der Waals surface area contributed by atoms with E-state index in [1.807, 2.05) is 13.8 Å². The van der Waals surface area contributed by atoms with Gasteiger partial charge in [-0.3, -0.25) is 15.0 Å². The number of hydrogen-bond acceptors (Lipinski definition) is 5. The fourth-order valence-corrected chi connectivity index (χ4v) is 2.45. The number of rotatable bonds is 4. The van der Waals surface area contributed by atoms with Gasteiger partial charge in [-0.25, -0.2) is 0 Å². The first-order chi connectivity index (χ1) is 9.95. The molecule has 1 aromatic heterocycles. The second-order valence-corrected chi connectivity index (χ2v) is 5.95. The van der Waals surface area contributed by atoms with Gasteiger partial charge in [-0.05, 0) is 46.7 Å². The highest BCUT2D eigenvalue weighted by molar-refractivity contribution is 5.96. The first kappa shape index (κ1) is 15.6. The molecule has 1 fully saturated rings. The van der Waals surface area contributed by atoms with Crippen LogP contribution in [0.4, 0.5) is 5.88 Å². The highest BCUT2D eigenvalue weighted by Gasteiger charge is 2.35. The zero-order valence-corrected chi connectivity index (χ0v) is 12.8. The molecule has 2 heterocycles. The molecule has 0 saturated carbocycles. The van der Waals surface area contributed by atoms with E-state index in [2.05, 4.69) is 15.4 Å². The van der Waals surface area contributed by atoms with Crippen molar-refractivity contribution >= 4 is 17.4 Å². The molecule has 0 atom stereocenters. The van der Waals surface area contributed by atoms with Crippen LogP contribution in [-0.2, 0) is 4.79 Å². The molecule has 0 aromatic carbocycles. The Morgan fingerprint density at radius 3 is 2.71 bits per heavy atom. The molecule has 6 nitrogen and oxygen atoms in total. The number of carbonyl (C=O) groups excluding carboxylic acids is 1.